The molecule has 124 valence electrons. The molecule has 0 radical (unpaired) electrons. The summed E-state index contributed by atoms with van der Waals surface area (Å²) in [6, 6.07) is 7.98. The fourth-order valence-electron chi connectivity index (χ4n) is 2.93. The van der Waals surface area contributed by atoms with E-state index in [1.807, 2.05) is 38.1 Å². The second-order valence-corrected chi connectivity index (χ2v) is 8.40. The van der Waals surface area contributed by atoms with Crippen LogP contribution in [0, 0.1) is 0 Å². The van der Waals surface area contributed by atoms with Crippen molar-refractivity contribution in [2.75, 3.05) is 26.3 Å². The lowest BCUT2D eigenvalue weighted by Crippen LogP contribution is -2.34. The third-order valence-corrected chi connectivity index (χ3v) is 6.81. The van der Waals surface area contributed by atoms with Gasteiger partial charge in [-0.25, -0.2) is 0 Å². The highest BCUT2D eigenvalue weighted by molar-refractivity contribution is 9.10. The third-order valence-electron chi connectivity index (χ3n) is 3.82. The number of hydrogen-bond donors (Lipinski definition) is 0. The van der Waals surface area contributed by atoms with Gasteiger partial charge in [0, 0.05) is 4.47 Å². The summed E-state index contributed by atoms with van der Waals surface area (Å²) in [6.07, 6.45) is 3.49. The highest BCUT2D eigenvalue weighted by Crippen LogP contribution is 2.62. The zero-order valence-electron chi connectivity index (χ0n) is 13.3. The Labute approximate surface area is 141 Å². The minimum Gasteiger partial charge on any atom is -0.308 e. The first-order valence-corrected chi connectivity index (χ1v) is 10.4. The van der Waals surface area contributed by atoms with Gasteiger partial charge in [-0.3, -0.25) is 9.46 Å². The van der Waals surface area contributed by atoms with Crippen LogP contribution in [0.3, 0.4) is 0 Å². The van der Waals surface area contributed by atoms with Crippen molar-refractivity contribution in [2.24, 2.45) is 0 Å². The third kappa shape index (κ3) is 4.42. The van der Waals surface area contributed by atoms with Crippen LogP contribution in [0.4, 0.5) is 0 Å². The Morgan fingerprint density at radius 2 is 1.64 bits per heavy atom. The average Bonchev–Trinajstić information content (AvgIpc) is 2.51. The second-order valence-electron chi connectivity index (χ2n) is 5.40. The number of hydrogen-bond acceptors (Lipinski definition) is 4. The minimum atomic E-state index is -3.22. The molecule has 1 unspecified atom stereocenters. The number of nitrogens with zero attached hydrogens (tertiary/aromatic N) is 1. The van der Waals surface area contributed by atoms with E-state index in [1.54, 1.807) is 0 Å². The standard InChI is InChI=1S/C16H25BrNO3P/c1-3-20-22(19,21-4-2)16(18-12-6-5-7-13-18)14-8-10-15(17)11-9-14/h8-11,16H,3-7,12-13H2,1-2H3. The smallest absolute Gasteiger partial charge is 0.308 e. The van der Waals surface area contributed by atoms with Crippen LogP contribution in [0.2, 0.25) is 0 Å². The van der Waals surface area contributed by atoms with Crippen molar-refractivity contribution in [2.45, 2.75) is 38.9 Å². The van der Waals surface area contributed by atoms with Crippen LogP contribution < -0.4 is 0 Å². The molecule has 1 fully saturated rings. The van der Waals surface area contributed by atoms with Gasteiger partial charge in [0.25, 0.3) is 0 Å². The SMILES string of the molecule is CCOP(=O)(OCC)C(c1ccc(Br)cc1)N1CCCCC1. The van der Waals surface area contributed by atoms with E-state index in [9.17, 15) is 4.57 Å². The largest absolute Gasteiger partial charge is 0.352 e. The molecule has 0 aliphatic carbocycles. The fraction of sp³-hybridized carbons (Fsp3) is 0.625. The Balaban J connectivity index is 2.38. The second kappa shape index (κ2) is 8.60. The van der Waals surface area contributed by atoms with Crippen molar-refractivity contribution in [3.05, 3.63) is 34.3 Å². The van der Waals surface area contributed by atoms with Gasteiger partial charge in [-0.1, -0.05) is 34.5 Å². The number of likely N-dealkylation sites (tertiary alicyclic amines) is 1. The molecule has 0 amide bonds. The molecule has 6 heteroatoms. The van der Waals surface area contributed by atoms with E-state index >= 15 is 0 Å². The van der Waals surface area contributed by atoms with Gasteiger partial charge >= 0.3 is 7.60 Å². The Kier molecular flexibility index (Phi) is 7.10. The van der Waals surface area contributed by atoms with Crippen molar-refractivity contribution >= 4 is 23.5 Å². The topological polar surface area (TPSA) is 38.8 Å². The maximum Gasteiger partial charge on any atom is 0.352 e. The molecule has 1 aliphatic heterocycles. The van der Waals surface area contributed by atoms with E-state index in [-0.39, 0.29) is 5.78 Å². The molecule has 22 heavy (non-hydrogen) atoms. The zero-order valence-corrected chi connectivity index (χ0v) is 15.8. The normalized spacial score (nSPS) is 18.3. The van der Waals surface area contributed by atoms with Crippen molar-refractivity contribution in [3.63, 3.8) is 0 Å². The summed E-state index contributed by atoms with van der Waals surface area (Å²) in [7, 11) is -3.22. The number of halogens is 1. The molecule has 0 bridgehead atoms. The molecule has 1 aliphatic rings. The average molecular weight is 390 g/mol. The van der Waals surface area contributed by atoms with Crippen molar-refractivity contribution < 1.29 is 13.6 Å². The van der Waals surface area contributed by atoms with Gasteiger partial charge in [0.15, 0.2) is 0 Å². The molecule has 1 aromatic carbocycles. The lowest BCUT2D eigenvalue weighted by Gasteiger charge is -2.38. The summed E-state index contributed by atoms with van der Waals surface area (Å²) in [5, 5.41) is 0. The lowest BCUT2D eigenvalue weighted by atomic mass is 10.1. The predicted molar refractivity (Wildman–Crippen MR) is 93.2 cm³/mol. The maximum atomic E-state index is 13.4. The Morgan fingerprint density at radius 3 is 2.14 bits per heavy atom. The van der Waals surface area contributed by atoms with Gasteiger partial charge < -0.3 is 9.05 Å². The van der Waals surface area contributed by atoms with Gasteiger partial charge in [0.2, 0.25) is 0 Å². The monoisotopic (exact) mass is 389 g/mol. The fourth-order valence-corrected chi connectivity index (χ4v) is 5.44. The van der Waals surface area contributed by atoms with Crippen molar-refractivity contribution in [1.82, 2.24) is 4.90 Å². The molecule has 0 aromatic heterocycles. The molecule has 1 saturated heterocycles. The van der Waals surface area contributed by atoms with Crippen LogP contribution in [0.5, 0.6) is 0 Å². The molecule has 2 rings (SSSR count). The maximum absolute atomic E-state index is 13.4. The molecule has 0 N–H and O–H groups in total. The Bertz CT molecular complexity index is 493. The molecule has 1 atom stereocenters. The van der Waals surface area contributed by atoms with Crippen molar-refractivity contribution in [1.29, 1.82) is 0 Å². The highest BCUT2D eigenvalue weighted by Gasteiger charge is 2.41. The molecule has 0 spiro atoms. The molecule has 1 aromatic rings. The molecular weight excluding hydrogens is 365 g/mol. The Hall–Kier alpha value is -0.190. The van der Waals surface area contributed by atoms with Gasteiger partial charge in [-0.05, 0) is 57.5 Å². The van der Waals surface area contributed by atoms with Gasteiger partial charge in [0.05, 0.1) is 13.2 Å². The van der Waals surface area contributed by atoms with Crippen LogP contribution in [-0.4, -0.2) is 31.2 Å². The number of rotatable bonds is 7. The summed E-state index contributed by atoms with van der Waals surface area (Å²) in [4.78, 5) is 2.26. The van der Waals surface area contributed by atoms with Crippen LogP contribution in [-0.2, 0) is 13.6 Å². The lowest BCUT2D eigenvalue weighted by molar-refractivity contribution is 0.147. The van der Waals surface area contributed by atoms with Gasteiger partial charge in [-0.15, -0.1) is 0 Å². The summed E-state index contributed by atoms with van der Waals surface area (Å²) in [5.41, 5.74) is 0.996. The van der Waals surface area contributed by atoms with E-state index in [0.29, 0.717) is 13.2 Å². The van der Waals surface area contributed by atoms with Crippen LogP contribution in [0.15, 0.2) is 28.7 Å². The van der Waals surface area contributed by atoms with E-state index in [4.69, 9.17) is 9.05 Å². The molecule has 0 saturated carbocycles. The zero-order chi connectivity index (χ0) is 16.0. The summed E-state index contributed by atoms with van der Waals surface area (Å²) in [6.45, 7) is 6.37. The Morgan fingerprint density at radius 1 is 1.09 bits per heavy atom. The summed E-state index contributed by atoms with van der Waals surface area (Å²) >= 11 is 3.46. The van der Waals surface area contributed by atoms with E-state index in [0.717, 1.165) is 36.0 Å². The molecule has 4 nitrogen and oxygen atoms in total. The first kappa shape index (κ1) is 18.2. The van der Waals surface area contributed by atoms with Crippen LogP contribution in [0.1, 0.15) is 44.5 Å². The van der Waals surface area contributed by atoms with Crippen LogP contribution in [0.25, 0.3) is 0 Å². The van der Waals surface area contributed by atoms with Gasteiger partial charge in [0.1, 0.15) is 5.78 Å². The van der Waals surface area contributed by atoms with Crippen molar-refractivity contribution in [3.8, 4) is 0 Å². The quantitative estimate of drug-likeness (QED) is 0.600. The minimum absolute atomic E-state index is 0.319. The highest BCUT2D eigenvalue weighted by atomic mass is 79.9. The number of piperidine rings is 1. The van der Waals surface area contributed by atoms with E-state index in [2.05, 4.69) is 20.8 Å². The molecular formula is C16H25BrNO3P. The summed E-state index contributed by atoms with van der Waals surface area (Å²) < 4.78 is 25.7. The molecule has 1 heterocycles. The van der Waals surface area contributed by atoms with Gasteiger partial charge in [-0.2, -0.15) is 0 Å². The predicted octanol–water partition coefficient (Wildman–Crippen LogP) is 5.20. The van der Waals surface area contributed by atoms with E-state index < -0.39 is 7.60 Å². The van der Waals surface area contributed by atoms with E-state index in [1.165, 1.54) is 6.42 Å². The first-order valence-electron chi connectivity index (χ1n) is 7.99. The summed E-state index contributed by atoms with van der Waals surface area (Å²) in [5.74, 6) is -0.319. The van der Waals surface area contributed by atoms with Crippen LogP contribution >= 0.6 is 23.5 Å². The number of benzene rings is 1. The first-order chi connectivity index (χ1) is 10.6.